The maximum Gasteiger partial charge on any atom is 0.305 e. The topological polar surface area (TPSA) is 55.2 Å². The van der Waals surface area contributed by atoms with E-state index in [0.717, 1.165) is 25.8 Å². The van der Waals surface area contributed by atoms with Crippen LogP contribution in [0.2, 0.25) is 0 Å². The standard InChI is InChI=1S/C15H21FN2O2/c1-2-17-13-8-4-3-6-11(13)10-12-7-5-9-14(15(12)16)18(19)20/h5,7,9,11,13,17H,2-4,6,8,10H2,1H3. The van der Waals surface area contributed by atoms with E-state index in [4.69, 9.17) is 0 Å². The van der Waals surface area contributed by atoms with Crippen molar-refractivity contribution in [1.29, 1.82) is 0 Å². The number of halogens is 1. The van der Waals surface area contributed by atoms with Gasteiger partial charge in [-0.1, -0.05) is 31.9 Å². The monoisotopic (exact) mass is 280 g/mol. The molecule has 0 saturated heterocycles. The average Bonchev–Trinajstić information content (AvgIpc) is 2.43. The quantitative estimate of drug-likeness (QED) is 0.664. The third-order valence-corrected chi connectivity index (χ3v) is 4.11. The highest BCUT2D eigenvalue weighted by Gasteiger charge is 2.27. The molecule has 1 saturated carbocycles. The molecular formula is C15H21FN2O2. The fraction of sp³-hybridized carbons (Fsp3) is 0.600. The Balaban J connectivity index is 2.16. The first-order valence-electron chi connectivity index (χ1n) is 7.28. The van der Waals surface area contributed by atoms with E-state index < -0.39 is 16.4 Å². The van der Waals surface area contributed by atoms with E-state index in [9.17, 15) is 14.5 Å². The van der Waals surface area contributed by atoms with Crippen molar-refractivity contribution < 1.29 is 9.31 Å². The Bertz CT molecular complexity index is 477. The van der Waals surface area contributed by atoms with Gasteiger partial charge in [0.05, 0.1) is 4.92 Å². The minimum absolute atomic E-state index is 0.361. The normalized spacial score (nSPS) is 22.7. The Morgan fingerprint density at radius 2 is 2.15 bits per heavy atom. The van der Waals surface area contributed by atoms with Crippen LogP contribution in [0.3, 0.4) is 0 Å². The lowest BCUT2D eigenvalue weighted by molar-refractivity contribution is -0.387. The third kappa shape index (κ3) is 3.33. The Morgan fingerprint density at radius 3 is 2.85 bits per heavy atom. The van der Waals surface area contributed by atoms with Gasteiger partial charge in [-0.25, -0.2) is 0 Å². The first-order valence-corrected chi connectivity index (χ1v) is 7.28. The minimum atomic E-state index is -0.668. The number of nitrogens with one attached hydrogen (secondary N) is 1. The van der Waals surface area contributed by atoms with Gasteiger partial charge in [0.2, 0.25) is 5.82 Å². The van der Waals surface area contributed by atoms with E-state index in [-0.39, 0.29) is 0 Å². The predicted molar refractivity (Wildman–Crippen MR) is 76.2 cm³/mol. The number of nitro benzene ring substituents is 1. The molecule has 2 atom stereocenters. The van der Waals surface area contributed by atoms with E-state index in [1.807, 2.05) is 0 Å². The number of nitro groups is 1. The van der Waals surface area contributed by atoms with Gasteiger partial charge in [0.25, 0.3) is 0 Å². The van der Waals surface area contributed by atoms with Gasteiger partial charge in [0.1, 0.15) is 0 Å². The van der Waals surface area contributed by atoms with E-state index in [1.54, 1.807) is 12.1 Å². The van der Waals surface area contributed by atoms with Crippen LogP contribution in [0.5, 0.6) is 0 Å². The van der Waals surface area contributed by atoms with Crippen LogP contribution in [0.4, 0.5) is 10.1 Å². The second-order valence-electron chi connectivity index (χ2n) is 5.42. The van der Waals surface area contributed by atoms with Gasteiger partial charge < -0.3 is 5.32 Å². The van der Waals surface area contributed by atoms with Crippen molar-refractivity contribution >= 4 is 5.69 Å². The summed E-state index contributed by atoms with van der Waals surface area (Å²) >= 11 is 0. The molecule has 0 aliphatic heterocycles. The van der Waals surface area contributed by atoms with Crippen molar-refractivity contribution in [3.63, 3.8) is 0 Å². The number of rotatable bonds is 5. The number of nitrogens with zero attached hydrogens (tertiary/aromatic N) is 1. The van der Waals surface area contributed by atoms with Crippen LogP contribution in [-0.4, -0.2) is 17.5 Å². The third-order valence-electron chi connectivity index (χ3n) is 4.11. The number of benzene rings is 1. The highest BCUT2D eigenvalue weighted by Crippen LogP contribution is 2.30. The Hall–Kier alpha value is -1.49. The van der Waals surface area contributed by atoms with Crippen LogP contribution in [-0.2, 0) is 6.42 Å². The average molecular weight is 280 g/mol. The molecule has 0 amide bonds. The molecule has 0 spiro atoms. The zero-order valence-corrected chi connectivity index (χ0v) is 11.8. The van der Waals surface area contributed by atoms with Gasteiger partial charge >= 0.3 is 5.69 Å². The van der Waals surface area contributed by atoms with Crippen LogP contribution in [0.25, 0.3) is 0 Å². The zero-order chi connectivity index (χ0) is 14.5. The summed E-state index contributed by atoms with van der Waals surface area (Å²) in [5, 5.41) is 14.2. The van der Waals surface area contributed by atoms with Gasteiger partial charge in [-0.15, -0.1) is 0 Å². The summed E-state index contributed by atoms with van der Waals surface area (Å²) in [5.41, 5.74) is 0.0484. The first kappa shape index (κ1) is 14.9. The highest BCUT2D eigenvalue weighted by molar-refractivity contribution is 5.37. The van der Waals surface area contributed by atoms with Crippen molar-refractivity contribution in [3.05, 3.63) is 39.7 Å². The highest BCUT2D eigenvalue weighted by atomic mass is 19.1. The molecule has 110 valence electrons. The zero-order valence-electron chi connectivity index (χ0n) is 11.8. The largest absolute Gasteiger partial charge is 0.314 e. The van der Waals surface area contributed by atoms with E-state index in [1.165, 1.54) is 12.5 Å². The summed E-state index contributed by atoms with van der Waals surface area (Å²) < 4.78 is 14.1. The lowest BCUT2D eigenvalue weighted by atomic mass is 9.80. The lowest BCUT2D eigenvalue weighted by Gasteiger charge is -2.32. The van der Waals surface area contributed by atoms with Crippen LogP contribution in [0.15, 0.2) is 18.2 Å². The second kappa shape index (κ2) is 6.79. The van der Waals surface area contributed by atoms with E-state index >= 15 is 0 Å². The first-order chi connectivity index (χ1) is 9.63. The molecule has 2 rings (SSSR count). The molecule has 0 bridgehead atoms. The van der Waals surface area contributed by atoms with Crippen molar-refractivity contribution in [2.75, 3.05) is 6.54 Å². The Morgan fingerprint density at radius 1 is 1.40 bits per heavy atom. The van der Waals surface area contributed by atoms with Gasteiger partial charge in [-0.3, -0.25) is 10.1 Å². The summed E-state index contributed by atoms with van der Waals surface area (Å²) in [6.45, 7) is 2.97. The molecule has 2 unspecified atom stereocenters. The fourth-order valence-electron chi connectivity index (χ4n) is 3.13. The maximum absolute atomic E-state index is 14.1. The summed E-state index contributed by atoms with van der Waals surface area (Å²) in [6.07, 6.45) is 5.09. The summed E-state index contributed by atoms with van der Waals surface area (Å²) in [7, 11) is 0. The number of hydrogen-bond acceptors (Lipinski definition) is 3. The molecule has 1 aromatic rings. The van der Waals surface area contributed by atoms with Crippen molar-refractivity contribution in [3.8, 4) is 0 Å². The molecule has 4 nitrogen and oxygen atoms in total. The predicted octanol–water partition coefficient (Wildman–Crippen LogP) is 3.44. The minimum Gasteiger partial charge on any atom is -0.314 e. The molecule has 20 heavy (non-hydrogen) atoms. The fourth-order valence-corrected chi connectivity index (χ4v) is 3.13. The molecule has 1 N–H and O–H groups in total. The number of hydrogen-bond donors (Lipinski definition) is 1. The summed E-state index contributed by atoms with van der Waals surface area (Å²) in [5.74, 6) is -0.307. The van der Waals surface area contributed by atoms with Crippen LogP contribution < -0.4 is 5.32 Å². The summed E-state index contributed by atoms with van der Waals surface area (Å²) in [4.78, 5) is 10.1. The lowest BCUT2D eigenvalue weighted by Crippen LogP contribution is -2.39. The van der Waals surface area contributed by atoms with Gasteiger partial charge in [0.15, 0.2) is 0 Å². The van der Waals surface area contributed by atoms with Crippen molar-refractivity contribution in [2.24, 2.45) is 5.92 Å². The van der Waals surface area contributed by atoms with Crippen LogP contribution >= 0.6 is 0 Å². The molecule has 1 aliphatic carbocycles. The molecule has 1 fully saturated rings. The SMILES string of the molecule is CCNC1CCCCC1Cc1cccc([N+](=O)[O-])c1F. The van der Waals surface area contributed by atoms with E-state index in [0.29, 0.717) is 23.9 Å². The molecule has 1 aromatic carbocycles. The van der Waals surface area contributed by atoms with Crippen molar-refractivity contribution in [1.82, 2.24) is 5.32 Å². The van der Waals surface area contributed by atoms with E-state index in [2.05, 4.69) is 12.2 Å². The maximum atomic E-state index is 14.1. The van der Waals surface area contributed by atoms with Gasteiger partial charge in [-0.05, 0) is 37.3 Å². The van der Waals surface area contributed by atoms with Gasteiger partial charge in [0, 0.05) is 12.1 Å². The molecule has 0 radical (unpaired) electrons. The van der Waals surface area contributed by atoms with Gasteiger partial charge in [-0.2, -0.15) is 4.39 Å². The molecule has 5 heteroatoms. The Kier molecular flexibility index (Phi) is 5.06. The van der Waals surface area contributed by atoms with Crippen LogP contribution in [0.1, 0.15) is 38.2 Å². The molecule has 1 aliphatic rings. The Labute approximate surface area is 118 Å². The second-order valence-corrected chi connectivity index (χ2v) is 5.42. The van der Waals surface area contributed by atoms with Crippen LogP contribution in [0, 0.1) is 21.8 Å². The van der Waals surface area contributed by atoms with Crippen molar-refractivity contribution in [2.45, 2.75) is 45.1 Å². The molecule has 0 aromatic heterocycles. The molecular weight excluding hydrogens is 259 g/mol. The molecule has 0 heterocycles. The summed E-state index contributed by atoms with van der Waals surface area (Å²) in [6, 6.07) is 4.86. The smallest absolute Gasteiger partial charge is 0.305 e.